The summed E-state index contributed by atoms with van der Waals surface area (Å²) in [6, 6.07) is 13.4. The van der Waals surface area contributed by atoms with Crippen LogP contribution in [-0.2, 0) is 4.79 Å². The van der Waals surface area contributed by atoms with E-state index in [4.69, 9.17) is 16.0 Å². The largest absolute Gasteiger partial charge is 0.455 e. The van der Waals surface area contributed by atoms with Crippen molar-refractivity contribution in [2.24, 2.45) is 11.0 Å². The van der Waals surface area contributed by atoms with E-state index >= 15 is 0 Å². The molecular formula is C23H20BrClN4O5. The van der Waals surface area contributed by atoms with E-state index in [1.54, 1.807) is 56.3 Å². The number of amides is 2. The van der Waals surface area contributed by atoms with Crippen LogP contribution in [0.1, 0.15) is 30.0 Å². The highest BCUT2D eigenvalue weighted by Gasteiger charge is 2.25. The first-order valence-electron chi connectivity index (χ1n) is 10.1. The average Bonchev–Trinajstić information content (AvgIpc) is 3.25. The fourth-order valence-corrected chi connectivity index (χ4v) is 3.80. The van der Waals surface area contributed by atoms with Crippen molar-refractivity contribution in [3.8, 4) is 11.3 Å². The van der Waals surface area contributed by atoms with Gasteiger partial charge in [0.1, 0.15) is 17.6 Å². The van der Waals surface area contributed by atoms with Crippen molar-refractivity contribution in [3.05, 3.63) is 85.5 Å². The Morgan fingerprint density at radius 2 is 1.91 bits per heavy atom. The zero-order valence-electron chi connectivity index (χ0n) is 18.1. The summed E-state index contributed by atoms with van der Waals surface area (Å²) in [6.45, 7) is 3.59. The minimum absolute atomic E-state index is 0.0481. The molecule has 0 bridgehead atoms. The summed E-state index contributed by atoms with van der Waals surface area (Å²) >= 11 is 9.37. The van der Waals surface area contributed by atoms with E-state index in [0.29, 0.717) is 21.6 Å². The summed E-state index contributed by atoms with van der Waals surface area (Å²) < 4.78 is 6.19. The van der Waals surface area contributed by atoms with Gasteiger partial charge in [0.25, 0.3) is 17.5 Å². The molecule has 0 aliphatic rings. The Bertz CT molecular complexity index is 1260. The molecule has 0 fully saturated rings. The number of furan rings is 1. The minimum Gasteiger partial charge on any atom is -0.455 e. The maximum atomic E-state index is 12.6. The summed E-state index contributed by atoms with van der Waals surface area (Å²) in [4.78, 5) is 35.6. The van der Waals surface area contributed by atoms with Gasteiger partial charge in [-0.3, -0.25) is 19.7 Å². The lowest BCUT2D eigenvalue weighted by Crippen LogP contribution is -2.48. The zero-order valence-corrected chi connectivity index (χ0v) is 20.5. The molecule has 0 spiro atoms. The third-order valence-electron chi connectivity index (χ3n) is 4.78. The molecule has 3 rings (SSSR count). The van der Waals surface area contributed by atoms with Crippen molar-refractivity contribution in [3.63, 3.8) is 0 Å². The topological polar surface area (TPSA) is 127 Å². The quantitative estimate of drug-likeness (QED) is 0.228. The lowest BCUT2D eigenvalue weighted by Gasteiger charge is -2.20. The lowest BCUT2D eigenvalue weighted by atomic mass is 10.0. The predicted octanol–water partition coefficient (Wildman–Crippen LogP) is 5.18. The summed E-state index contributed by atoms with van der Waals surface area (Å²) in [5, 5.41) is 17.8. The molecule has 34 heavy (non-hydrogen) atoms. The Hall–Kier alpha value is -3.50. The highest BCUT2D eigenvalue weighted by Crippen LogP contribution is 2.32. The number of hydrogen-bond acceptors (Lipinski definition) is 6. The maximum absolute atomic E-state index is 12.6. The number of nitrogens with zero attached hydrogens (tertiary/aromatic N) is 2. The summed E-state index contributed by atoms with van der Waals surface area (Å²) in [6.07, 6.45) is 1.31. The lowest BCUT2D eigenvalue weighted by molar-refractivity contribution is -0.384. The number of hydrazone groups is 1. The van der Waals surface area contributed by atoms with Crippen LogP contribution in [0, 0.1) is 16.0 Å². The monoisotopic (exact) mass is 546 g/mol. The van der Waals surface area contributed by atoms with Gasteiger partial charge < -0.3 is 9.73 Å². The number of halogens is 2. The van der Waals surface area contributed by atoms with Crippen molar-refractivity contribution < 1.29 is 18.9 Å². The minimum atomic E-state index is -0.843. The SMILES string of the molecule is CC(C)C(NC(=O)c1ccccc1Cl)C(=O)N/N=C/c1ccc(-c2ccc([N+](=O)[O-])cc2Br)o1. The molecule has 0 radical (unpaired) electrons. The maximum Gasteiger partial charge on any atom is 0.270 e. The van der Waals surface area contributed by atoms with Crippen LogP contribution in [0.3, 0.4) is 0 Å². The van der Waals surface area contributed by atoms with Crippen LogP contribution in [0.15, 0.2) is 68.6 Å². The van der Waals surface area contributed by atoms with Crippen LogP contribution in [-0.4, -0.2) is 29.0 Å². The van der Waals surface area contributed by atoms with Crippen LogP contribution >= 0.6 is 27.5 Å². The zero-order chi connectivity index (χ0) is 24.8. The number of rotatable bonds is 8. The number of non-ortho nitro benzene ring substituents is 1. The van der Waals surface area contributed by atoms with Gasteiger partial charge in [0.2, 0.25) is 0 Å². The number of nitro groups is 1. The fourth-order valence-electron chi connectivity index (χ4n) is 3.01. The van der Waals surface area contributed by atoms with Crippen molar-refractivity contribution >= 4 is 51.2 Å². The Morgan fingerprint density at radius 1 is 1.18 bits per heavy atom. The molecule has 1 aromatic heterocycles. The van der Waals surface area contributed by atoms with Crippen LogP contribution in [0.25, 0.3) is 11.3 Å². The molecule has 2 amide bonds. The molecule has 1 heterocycles. The van der Waals surface area contributed by atoms with Gasteiger partial charge >= 0.3 is 0 Å². The van der Waals surface area contributed by atoms with E-state index in [-0.39, 0.29) is 22.2 Å². The molecule has 11 heteroatoms. The average molecular weight is 548 g/mol. The second-order valence-electron chi connectivity index (χ2n) is 7.53. The highest BCUT2D eigenvalue weighted by atomic mass is 79.9. The summed E-state index contributed by atoms with van der Waals surface area (Å²) in [7, 11) is 0. The normalized spacial score (nSPS) is 12.0. The Labute approximate surface area is 208 Å². The number of benzene rings is 2. The van der Waals surface area contributed by atoms with Gasteiger partial charge in [0.05, 0.1) is 21.7 Å². The van der Waals surface area contributed by atoms with Crippen molar-refractivity contribution in [2.75, 3.05) is 0 Å². The van der Waals surface area contributed by atoms with Crippen molar-refractivity contribution in [1.82, 2.24) is 10.7 Å². The molecule has 2 aromatic carbocycles. The summed E-state index contributed by atoms with van der Waals surface area (Å²) in [5.74, 6) is -0.371. The number of hydrogen-bond donors (Lipinski definition) is 2. The van der Waals surface area contributed by atoms with Gasteiger partial charge in [-0.1, -0.05) is 37.6 Å². The van der Waals surface area contributed by atoms with E-state index in [1.165, 1.54) is 18.3 Å². The van der Waals surface area contributed by atoms with E-state index in [1.807, 2.05) is 0 Å². The second-order valence-corrected chi connectivity index (χ2v) is 8.79. The molecule has 176 valence electrons. The second kappa shape index (κ2) is 11.1. The molecule has 2 N–H and O–H groups in total. The number of nitro benzene ring substituents is 1. The Kier molecular flexibility index (Phi) is 8.19. The molecule has 0 aliphatic carbocycles. The Balaban J connectivity index is 1.65. The fraction of sp³-hybridized carbons (Fsp3) is 0.174. The molecule has 0 aliphatic heterocycles. The summed E-state index contributed by atoms with van der Waals surface area (Å²) in [5.41, 5.74) is 3.25. The molecule has 9 nitrogen and oxygen atoms in total. The van der Waals surface area contributed by atoms with E-state index < -0.39 is 22.8 Å². The standard InChI is InChI=1S/C23H20BrClN4O5/c1-13(2)21(27-22(30)17-5-3-4-6-19(17)25)23(31)28-26-12-15-8-10-20(34-15)16-9-7-14(29(32)33)11-18(16)24/h3-13,21H,1-2H3,(H,27,30)(H,28,31)/b26-12+. The Morgan fingerprint density at radius 3 is 2.56 bits per heavy atom. The van der Waals surface area contributed by atoms with Gasteiger partial charge in [0.15, 0.2) is 0 Å². The van der Waals surface area contributed by atoms with E-state index in [0.717, 1.165) is 0 Å². The smallest absolute Gasteiger partial charge is 0.270 e. The van der Waals surface area contributed by atoms with Gasteiger partial charge in [-0.05, 0) is 52.2 Å². The number of nitrogens with one attached hydrogen (secondary N) is 2. The van der Waals surface area contributed by atoms with Crippen molar-refractivity contribution in [2.45, 2.75) is 19.9 Å². The first-order valence-corrected chi connectivity index (χ1v) is 11.3. The first-order chi connectivity index (χ1) is 16.2. The third-order valence-corrected chi connectivity index (χ3v) is 5.76. The molecule has 1 unspecified atom stereocenters. The van der Waals surface area contributed by atoms with Gasteiger partial charge in [-0.15, -0.1) is 0 Å². The van der Waals surface area contributed by atoms with Crippen LogP contribution < -0.4 is 10.7 Å². The van der Waals surface area contributed by atoms with Crippen molar-refractivity contribution in [1.29, 1.82) is 0 Å². The van der Waals surface area contributed by atoms with Crippen LogP contribution in [0.2, 0.25) is 5.02 Å². The molecule has 0 saturated heterocycles. The first kappa shape index (κ1) is 25.1. The molecule has 1 atom stereocenters. The van der Waals surface area contributed by atoms with E-state index in [9.17, 15) is 19.7 Å². The van der Waals surface area contributed by atoms with Gasteiger partial charge in [0, 0.05) is 22.2 Å². The number of carbonyl (C=O) groups is 2. The van der Waals surface area contributed by atoms with Gasteiger partial charge in [-0.25, -0.2) is 5.43 Å². The molecule has 0 saturated carbocycles. The van der Waals surface area contributed by atoms with Gasteiger partial charge in [-0.2, -0.15) is 5.10 Å². The highest BCUT2D eigenvalue weighted by molar-refractivity contribution is 9.10. The molecule has 3 aromatic rings. The predicted molar refractivity (Wildman–Crippen MR) is 132 cm³/mol. The van der Waals surface area contributed by atoms with Crippen LogP contribution in [0.5, 0.6) is 0 Å². The van der Waals surface area contributed by atoms with Crippen LogP contribution in [0.4, 0.5) is 5.69 Å². The third kappa shape index (κ3) is 6.09. The molecular weight excluding hydrogens is 528 g/mol. The van der Waals surface area contributed by atoms with E-state index in [2.05, 4.69) is 31.8 Å². The number of carbonyl (C=O) groups excluding carboxylic acids is 2.